The zero-order valence-electron chi connectivity index (χ0n) is 11.7. The predicted molar refractivity (Wildman–Crippen MR) is 91.6 cm³/mol. The summed E-state index contributed by atoms with van der Waals surface area (Å²) in [5.41, 5.74) is 2.34. The maximum Gasteiger partial charge on any atom is 0.123 e. The Morgan fingerprint density at radius 3 is 2.80 bits per heavy atom. The second-order valence-corrected chi connectivity index (χ2v) is 6.89. The molecule has 20 heavy (non-hydrogen) atoms. The third kappa shape index (κ3) is 3.82. The van der Waals surface area contributed by atoms with Crippen LogP contribution >= 0.6 is 38.9 Å². The standard InChI is InChI=1S/C15H18BrClN2S/c1-3-5-13-14(9-18-4-2)20-15(19-13)10-6-7-12(17)11(16)8-10/h6-8,18H,3-5,9H2,1-2H3. The van der Waals surface area contributed by atoms with E-state index in [1.165, 1.54) is 10.6 Å². The Morgan fingerprint density at radius 2 is 2.15 bits per heavy atom. The van der Waals surface area contributed by atoms with E-state index >= 15 is 0 Å². The highest BCUT2D eigenvalue weighted by Crippen LogP contribution is 2.33. The minimum Gasteiger partial charge on any atom is -0.312 e. The van der Waals surface area contributed by atoms with Crippen molar-refractivity contribution in [3.63, 3.8) is 0 Å². The molecule has 0 aliphatic heterocycles. The van der Waals surface area contributed by atoms with Gasteiger partial charge in [-0.1, -0.05) is 37.9 Å². The van der Waals surface area contributed by atoms with Crippen molar-refractivity contribution < 1.29 is 0 Å². The zero-order chi connectivity index (χ0) is 14.5. The van der Waals surface area contributed by atoms with Crippen LogP contribution in [-0.2, 0) is 13.0 Å². The van der Waals surface area contributed by atoms with Gasteiger partial charge in [-0.2, -0.15) is 0 Å². The van der Waals surface area contributed by atoms with Gasteiger partial charge in [-0.3, -0.25) is 0 Å². The van der Waals surface area contributed by atoms with Gasteiger partial charge in [0.05, 0.1) is 10.7 Å². The molecule has 0 aliphatic rings. The van der Waals surface area contributed by atoms with Gasteiger partial charge in [0.2, 0.25) is 0 Å². The Bertz CT molecular complexity index is 583. The molecule has 0 aliphatic carbocycles. The van der Waals surface area contributed by atoms with Gasteiger partial charge in [0.1, 0.15) is 5.01 Å². The molecule has 0 spiro atoms. The number of hydrogen-bond donors (Lipinski definition) is 1. The van der Waals surface area contributed by atoms with E-state index in [2.05, 4.69) is 35.1 Å². The van der Waals surface area contributed by atoms with Crippen LogP contribution in [0.5, 0.6) is 0 Å². The highest BCUT2D eigenvalue weighted by molar-refractivity contribution is 9.10. The van der Waals surface area contributed by atoms with E-state index in [0.29, 0.717) is 0 Å². The number of nitrogens with one attached hydrogen (secondary N) is 1. The molecule has 5 heteroatoms. The minimum absolute atomic E-state index is 0.729. The fourth-order valence-corrected chi connectivity index (χ4v) is 3.51. The van der Waals surface area contributed by atoms with Crippen LogP contribution in [0.15, 0.2) is 22.7 Å². The van der Waals surface area contributed by atoms with Crippen molar-refractivity contribution >= 4 is 38.9 Å². The van der Waals surface area contributed by atoms with E-state index in [0.717, 1.165) is 46.0 Å². The Labute approximate surface area is 137 Å². The average Bonchev–Trinajstić information content (AvgIpc) is 2.83. The Kier molecular flexibility index (Phi) is 6.02. The number of aromatic nitrogens is 1. The van der Waals surface area contributed by atoms with Crippen molar-refractivity contribution in [1.29, 1.82) is 0 Å². The van der Waals surface area contributed by atoms with Crippen LogP contribution in [0.25, 0.3) is 10.6 Å². The van der Waals surface area contributed by atoms with Crippen molar-refractivity contribution in [2.24, 2.45) is 0 Å². The van der Waals surface area contributed by atoms with Gasteiger partial charge in [0.25, 0.3) is 0 Å². The Hall–Kier alpha value is -0.420. The molecule has 108 valence electrons. The molecular formula is C15H18BrClN2S. The number of rotatable bonds is 6. The smallest absolute Gasteiger partial charge is 0.123 e. The second kappa shape index (κ2) is 7.55. The van der Waals surface area contributed by atoms with Crippen LogP contribution in [0, 0.1) is 0 Å². The highest BCUT2D eigenvalue weighted by Gasteiger charge is 2.12. The molecular weight excluding hydrogens is 356 g/mol. The molecule has 0 bridgehead atoms. The van der Waals surface area contributed by atoms with Crippen molar-refractivity contribution in [2.45, 2.75) is 33.2 Å². The molecule has 1 aromatic heterocycles. The summed E-state index contributed by atoms with van der Waals surface area (Å²) in [4.78, 5) is 6.15. The maximum atomic E-state index is 6.05. The van der Waals surface area contributed by atoms with E-state index in [1.54, 1.807) is 11.3 Å². The number of benzene rings is 1. The molecule has 0 saturated heterocycles. The molecule has 0 amide bonds. The second-order valence-electron chi connectivity index (χ2n) is 4.55. The van der Waals surface area contributed by atoms with Crippen LogP contribution < -0.4 is 5.32 Å². The van der Waals surface area contributed by atoms with E-state index in [9.17, 15) is 0 Å². The molecule has 2 rings (SSSR count). The first kappa shape index (κ1) is 16.0. The third-order valence-electron chi connectivity index (χ3n) is 2.97. The van der Waals surface area contributed by atoms with E-state index in [-0.39, 0.29) is 0 Å². The van der Waals surface area contributed by atoms with Gasteiger partial charge in [-0.25, -0.2) is 4.98 Å². The van der Waals surface area contributed by atoms with Crippen molar-refractivity contribution in [1.82, 2.24) is 10.3 Å². The van der Waals surface area contributed by atoms with Gasteiger partial charge in [-0.05, 0) is 41.0 Å². The van der Waals surface area contributed by atoms with Crippen LogP contribution in [0.3, 0.4) is 0 Å². The van der Waals surface area contributed by atoms with E-state index < -0.39 is 0 Å². The van der Waals surface area contributed by atoms with Gasteiger partial charge in [-0.15, -0.1) is 11.3 Å². The summed E-state index contributed by atoms with van der Waals surface area (Å²) >= 11 is 11.3. The summed E-state index contributed by atoms with van der Waals surface area (Å²) in [6.45, 7) is 6.19. The van der Waals surface area contributed by atoms with E-state index in [1.807, 2.05) is 18.2 Å². The largest absolute Gasteiger partial charge is 0.312 e. The van der Waals surface area contributed by atoms with Crippen LogP contribution in [0.2, 0.25) is 5.02 Å². The molecule has 0 radical (unpaired) electrons. The molecule has 0 unspecified atom stereocenters. The highest BCUT2D eigenvalue weighted by atomic mass is 79.9. The number of halogens is 2. The normalized spacial score (nSPS) is 11.0. The molecule has 1 N–H and O–H groups in total. The quantitative estimate of drug-likeness (QED) is 0.744. The summed E-state index contributed by atoms with van der Waals surface area (Å²) in [6.07, 6.45) is 2.15. The summed E-state index contributed by atoms with van der Waals surface area (Å²) < 4.78 is 0.914. The third-order valence-corrected chi connectivity index (χ3v) is 5.33. The lowest BCUT2D eigenvalue weighted by Gasteiger charge is -2.00. The van der Waals surface area contributed by atoms with Crippen LogP contribution in [0.4, 0.5) is 0 Å². The number of nitrogens with zero attached hydrogens (tertiary/aromatic N) is 1. The number of thiazole rings is 1. The van der Waals surface area contributed by atoms with Crippen LogP contribution in [0.1, 0.15) is 30.8 Å². The minimum atomic E-state index is 0.729. The maximum absolute atomic E-state index is 6.05. The summed E-state index contributed by atoms with van der Waals surface area (Å²) in [5.74, 6) is 0. The van der Waals surface area contributed by atoms with Crippen molar-refractivity contribution in [3.05, 3.63) is 38.3 Å². The average molecular weight is 374 g/mol. The van der Waals surface area contributed by atoms with E-state index in [4.69, 9.17) is 16.6 Å². The fourth-order valence-electron chi connectivity index (χ4n) is 1.94. The predicted octanol–water partition coefficient (Wildman–Crippen LogP) is 5.29. The number of hydrogen-bond acceptors (Lipinski definition) is 3. The molecule has 2 nitrogen and oxygen atoms in total. The summed E-state index contributed by atoms with van der Waals surface area (Å²) in [6, 6.07) is 5.97. The van der Waals surface area contributed by atoms with Gasteiger partial charge < -0.3 is 5.32 Å². The lowest BCUT2D eigenvalue weighted by Crippen LogP contribution is -2.11. The first-order valence-corrected chi connectivity index (χ1v) is 8.79. The van der Waals surface area contributed by atoms with Gasteiger partial charge >= 0.3 is 0 Å². The van der Waals surface area contributed by atoms with Gasteiger partial charge in [0, 0.05) is 21.5 Å². The molecule has 0 atom stereocenters. The fraction of sp³-hybridized carbons (Fsp3) is 0.400. The lowest BCUT2D eigenvalue weighted by molar-refractivity contribution is 0.723. The first-order chi connectivity index (χ1) is 9.65. The molecule has 0 fully saturated rings. The molecule has 0 saturated carbocycles. The van der Waals surface area contributed by atoms with Crippen molar-refractivity contribution in [2.75, 3.05) is 6.54 Å². The molecule has 1 heterocycles. The zero-order valence-corrected chi connectivity index (χ0v) is 14.8. The lowest BCUT2D eigenvalue weighted by atomic mass is 10.2. The summed E-state index contributed by atoms with van der Waals surface area (Å²) in [7, 11) is 0. The molecule has 1 aromatic carbocycles. The van der Waals surface area contributed by atoms with Crippen LogP contribution in [-0.4, -0.2) is 11.5 Å². The Balaban J connectivity index is 2.33. The Morgan fingerprint density at radius 1 is 1.35 bits per heavy atom. The number of aryl methyl sites for hydroxylation is 1. The molecule has 2 aromatic rings. The van der Waals surface area contributed by atoms with Crippen molar-refractivity contribution in [3.8, 4) is 10.6 Å². The summed E-state index contributed by atoms with van der Waals surface area (Å²) in [5, 5.41) is 5.19. The SMILES string of the molecule is CCCc1nc(-c2ccc(Cl)c(Br)c2)sc1CNCC. The monoisotopic (exact) mass is 372 g/mol. The van der Waals surface area contributed by atoms with Gasteiger partial charge in [0.15, 0.2) is 0 Å². The first-order valence-electron chi connectivity index (χ1n) is 6.80. The topological polar surface area (TPSA) is 24.9 Å².